The smallest absolute Gasteiger partial charge is 0.253 e. The summed E-state index contributed by atoms with van der Waals surface area (Å²) in [5.74, 6) is 1.52. The molecule has 5 nitrogen and oxygen atoms in total. The van der Waals surface area contributed by atoms with E-state index in [1.807, 2.05) is 30.6 Å². The molecule has 0 saturated carbocycles. The van der Waals surface area contributed by atoms with E-state index in [0.717, 1.165) is 47.5 Å². The summed E-state index contributed by atoms with van der Waals surface area (Å²) in [7, 11) is 0. The van der Waals surface area contributed by atoms with Crippen LogP contribution in [-0.4, -0.2) is 28.5 Å². The number of anilines is 1. The van der Waals surface area contributed by atoms with Crippen LogP contribution < -0.4 is 10.2 Å². The zero-order chi connectivity index (χ0) is 20.2. The van der Waals surface area contributed by atoms with Gasteiger partial charge >= 0.3 is 0 Å². The third-order valence-corrected chi connectivity index (χ3v) is 5.54. The summed E-state index contributed by atoms with van der Waals surface area (Å²) in [6.07, 6.45) is 7.66. The fraction of sp³-hybridized carbons (Fsp3) is 0.417. The van der Waals surface area contributed by atoms with Crippen molar-refractivity contribution in [2.45, 2.75) is 46.2 Å². The van der Waals surface area contributed by atoms with Gasteiger partial charge in [-0.3, -0.25) is 4.79 Å². The number of piperidine rings is 1. The van der Waals surface area contributed by atoms with Crippen LogP contribution in [0.5, 0.6) is 0 Å². The van der Waals surface area contributed by atoms with Crippen LogP contribution in [0.15, 0.2) is 48.8 Å². The molecule has 3 aromatic rings. The SMILES string of the molecule is CC(C)Cn1cc(C(=O)NCc2ccc(N3CCCCC3)nc2)c2ccccc21. The van der Waals surface area contributed by atoms with Gasteiger partial charge in [0.2, 0.25) is 0 Å². The Kier molecular flexibility index (Phi) is 5.84. The fourth-order valence-corrected chi connectivity index (χ4v) is 4.08. The molecule has 0 atom stereocenters. The van der Waals surface area contributed by atoms with Crippen molar-refractivity contribution in [3.05, 3.63) is 59.9 Å². The Morgan fingerprint density at radius 2 is 1.90 bits per heavy atom. The van der Waals surface area contributed by atoms with E-state index in [-0.39, 0.29) is 5.91 Å². The molecule has 1 amide bonds. The van der Waals surface area contributed by atoms with Crippen molar-refractivity contribution >= 4 is 22.6 Å². The molecule has 152 valence electrons. The van der Waals surface area contributed by atoms with E-state index >= 15 is 0 Å². The van der Waals surface area contributed by atoms with Crippen LogP contribution in [-0.2, 0) is 13.1 Å². The number of amides is 1. The number of fused-ring (bicyclic) bond motifs is 1. The molecule has 1 aromatic carbocycles. The Morgan fingerprint density at radius 1 is 1.10 bits per heavy atom. The van der Waals surface area contributed by atoms with Crippen LogP contribution in [0.3, 0.4) is 0 Å². The van der Waals surface area contributed by atoms with E-state index in [0.29, 0.717) is 12.5 Å². The van der Waals surface area contributed by atoms with Crippen molar-refractivity contribution in [3.8, 4) is 0 Å². The van der Waals surface area contributed by atoms with Crippen molar-refractivity contribution in [1.29, 1.82) is 0 Å². The second kappa shape index (κ2) is 8.68. The van der Waals surface area contributed by atoms with E-state index in [2.05, 4.69) is 51.8 Å². The van der Waals surface area contributed by atoms with Gasteiger partial charge in [0.05, 0.1) is 5.56 Å². The predicted molar refractivity (Wildman–Crippen MR) is 118 cm³/mol. The Bertz CT molecular complexity index is 968. The summed E-state index contributed by atoms with van der Waals surface area (Å²) in [6, 6.07) is 12.3. The van der Waals surface area contributed by atoms with Crippen LogP contribution in [0.1, 0.15) is 49.0 Å². The maximum absolute atomic E-state index is 12.9. The minimum absolute atomic E-state index is 0.0381. The van der Waals surface area contributed by atoms with Crippen LogP contribution in [0.25, 0.3) is 10.9 Å². The maximum atomic E-state index is 12.9. The average molecular weight is 391 g/mol. The van der Waals surface area contributed by atoms with Gasteiger partial charge in [-0.25, -0.2) is 4.98 Å². The Balaban J connectivity index is 1.44. The summed E-state index contributed by atoms with van der Waals surface area (Å²) in [5, 5.41) is 4.07. The summed E-state index contributed by atoms with van der Waals surface area (Å²) in [4.78, 5) is 19.8. The highest BCUT2D eigenvalue weighted by molar-refractivity contribution is 6.07. The molecule has 1 aliphatic rings. The highest BCUT2D eigenvalue weighted by Crippen LogP contribution is 2.23. The number of nitrogens with one attached hydrogen (secondary N) is 1. The molecule has 0 radical (unpaired) electrons. The van der Waals surface area contributed by atoms with E-state index < -0.39 is 0 Å². The third-order valence-electron chi connectivity index (χ3n) is 5.54. The molecule has 29 heavy (non-hydrogen) atoms. The van der Waals surface area contributed by atoms with Gasteiger partial charge in [0.1, 0.15) is 5.82 Å². The normalized spacial score (nSPS) is 14.5. The van der Waals surface area contributed by atoms with Crippen LogP contribution in [0.4, 0.5) is 5.82 Å². The molecule has 1 aliphatic heterocycles. The van der Waals surface area contributed by atoms with Crippen molar-refractivity contribution in [1.82, 2.24) is 14.9 Å². The monoisotopic (exact) mass is 390 g/mol. The minimum Gasteiger partial charge on any atom is -0.357 e. The van der Waals surface area contributed by atoms with Crippen LogP contribution in [0, 0.1) is 5.92 Å². The second-order valence-electron chi connectivity index (χ2n) is 8.36. The number of rotatable bonds is 6. The maximum Gasteiger partial charge on any atom is 0.253 e. The number of nitrogens with zero attached hydrogens (tertiary/aromatic N) is 3. The lowest BCUT2D eigenvalue weighted by Gasteiger charge is -2.27. The topological polar surface area (TPSA) is 50.2 Å². The van der Waals surface area contributed by atoms with E-state index in [9.17, 15) is 4.79 Å². The number of aromatic nitrogens is 2. The highest BCUT2D eigenvalue weighted by atomic mass is 16.1. The van der Waals surface area contributed by atoms with Gasteiger partial charge in [-0.15, -0.1) is 0 Å². The lowest BCUT2D eigenvalue weighted by molar-refractivity contribution is 0.0952. The summed E-state index contributed by atoms with van der Waals surface area (Å²) < 4.78 is 2.18. The molecule has 3 heterocycles. The summed E-state index contributed by atoms with van der Waals surface area (Å²) >= 11 is 0. The van der Waals surface area contributed by atoms with Crippen molar-refractivity contribution < 1.29 is 4.79 Å². The molecule has 2 aromatic heterocycles. The lowest BCUT2D eigenvalue weighted by atomic mass is 10.1. The van der Waals surface area contributed by atoms with Gasteiger partial charge in [-0.2, -0.15) is 0 Å². The largest absolute Gasteiger partial charge is 0.357 e. The first-order valence-electron chi connectivity index (χ1n) is 10.7. The van der Waals surface area contributed by atoms with Gasteiger partial charge in [0.25, 0.3) is 5.91 Å². The van der Waals surface area contributed by atoms with Gasteiger partial charge < -0.3 is 14.8 Å². The van der Waals surface area contributed by atoms with Crippen molar-refractivity contribution in [2.24, 2.45) is 5.92 Å². The molecule has 1 fully saturated rings. The molecule has 0 aliphatic carbocycles. The Morgan fingerprint density at radius 3 is 2.62 bits per heavy atom. The van der Waals surface area contributed by atoms with Crippen molar-refractivity contribution in [3.63, 3.8) is 0 Å². The number of hydrogen-bond donors (Lipinski definition) is 1. The first-order chi connectivity index (χ1) is 14.1. The number of pyridine rings is 1. The first kappa shape index (κ1) is 19.5. The minimum atomic E-state index is -0.0381. The van der Waals surface area contributed by atoms with Gasteiger partial charge in [-0.05, 0) is 42.9 Å². The van der Waals surface area contributed by atoms with E-state index in [1.165, 1.54) is 19.3 Å². The zero-order valence-corrected chi connectivity index (χ0v) is 17.4. The number of para-hydroxylation sites is 1. The zero-order valence-electron chi connectivity index (χ0n) is 17.4. The molecule has 0 bridgehead atoms. The number of carbonyl (C=O) groups excluding carboxylic acids is 1. The fourth-order valence-electron chi connectivity index (χ4n) is 4.08. The lowest BCUT2D eigenvalue weighted by Crippen LogP contribution is -2.30. The molecule has 0 spiro atoms. The molecule has 0 unspecified atom stereocenters. The molecular formula is C24H30N4O. The number of carbonyl (C=O) groups is 1. The third kappa shape index (κ3) is 4.44. The van der Waals surface area contributed by atoms with Crippen molar-refractivity contribution in [2.75, 3.05) is 18.0 Å². The predicted octanol–water partition coefficient (Wildman–Crippen LogP) is 4.61. The molecular weight excluding hydrogens is 360 g/mol. The van der Waals surface area contributed by atoms with Crippen LogP contribution >= 0.6 is 0 Å². The summed E-state index contributed by atoms with van der Waals surface area (Å²) in [5.41, 5.74) is 2.86. The Hall–Kier alpha value is -2.82. The average Bonchev–Trinajstić information content (AvgIpc) is 3.11. The standard InChI is InChI=1S/C24H30N4O/c1-18(2)16-28-17-21(20-8-4-5-9-22(20)28)24(29)26-15-19-10-11-23(25-14-19)27-12-6-3-7-13-27/h4-5,8-11,14,17-18H,3,6-7,12-13,15-16H2,1-2H3,(H,26,29). The van der Waals surface area contributed by atoms with Gasteiger partial charge in [0.15, 0.2) is 0 Å². The molecule has 4 rings (SSSR count). The number of benzene rings is 1. The molecule has 5 heteroatoms. The van der Waals surface area contributed by atoms with E-state index in [4.69, 9.17) is 0 Å². The highest BCUT2D eigenvalue weighted by Gasteiger charge is 2.16. The molecule has 1 saturated heterocycles. The van der Waals surface area contributed by atoms with Crippen LogP contribution in [0.2, 0.25) is 0 Å². The van der Waals surface area contributed by atoms with Gasteiger partial charge in [-0.1, -0.05) is 38.1 Å². The number of hydrogen-bond acceptors (Lipinski definition) is 3. The quantitative estimate of drug-likeness (QED) is 0.668. The molecule has 1 N–H and O–H groups in total. The summed E-state index contributed by atoms with van der Waals surface area (Å²) in [6.45, 7) is 7.93. The van der Waals surface area contributed by atoms with Gasteiger partial charge in [0, 0.05) is 49.5 Å². The second-order valence-corrected chi connectivity index (χ2v) is 8.36. The van der Waals surface area contributed by atoms with E-state index in [1.54, 1.807) is 0 Å². The Labute approximate surface area is 172 Å². The first-order valence-corrected chi connectivity index (χ1v) is 10.7.